The number of hydrogen-bond acceptors (Lipinski definition) is 4. The van der Waals surface area contributed by atoms with E-state index in [1.807, 2.05) is 31.1 Å². The predicted octanol–water partition coefficient (Wildman–Crippen LogP) is 0.913. The van der Waals surface area contributed by atoms with Crippen LogP contribution in [0.2, 0.25) is 0 Å². The van der Waals surface area contributed by atoms with E-state index >= 15 is 0 Å². The first kappa shape index (κ1) is 14.5. The van der Waals surface area contributed by atoms with E-state index in [-0.39, 0.29) is 5.91 Å². The van der Waals surface area contributed by atoms with Crippen molar-refractivity contribution in [1.82, 2.24) is 4.90 Å². The van der Waals surface area contributed by atoms with Crippen LogP contribution in [0.15, 0.2) is 24.3 Å². The molecule has 3 N–H and O–H groups in total. The predicted molar refractivity (Wildman–Crippen MR) is 72.8 cm³/mol. The molecule has 1 aromatic rings. The SMILES string of the molecule is C[C@H](N)C(=O)Nc1cccc(OCCN(C)C)c1. The molecule has 0 bridgehead atoms. The lowest BCUT2D eigenvalue weighted by atomic mass is 10.2. The minimum atomic E-state index is -0.525. The van der Waals surface area contributed by atoms with Gasteiger partial charge in [-0.3, -0.25) is 4.79 Å². The molecule has 0 aliphatic rings. The largest absolute Gasteiger partial charge is 0.492 e. The summed E-state index contributed by atoms with van der Waals surface area (Å²) in [6.07, 6.45) is 0. The molecule has 0 fully saturated rings. The topological polar surface area (TPSA) is 67.6 Å². The van der Waals surface area contributed by atoms with E-state index in [1.165, 1.54) is 0 Å². The van der Waals surface area contributed by atoms with Crippen molar-refractivity contribution >= 4 is 11.6 Å². The monoisotopic (exact) mass is 251 g/mol. The van der Waals surface area contributed by atoms with Gasteiger partial charge in [-0.25, -0.2) is 0 Å². The third-order valence-corrected chi connectivity index (χ3v) is 2.32. The Hall–Kier alpha value is -1.59. The fraction of sp³-hybridized carbons (Fsp3) is 0.462. The lowest BCUT2D eigenvalue weighted by Crippen LogP contribution is -2.32. The van der Waals surface area contributed by atoms with Crippen molar-refractivity contribution < 1.29 is 9.53 Å². The maximum Gasteiger partial charge on any atom is 0.241 e. The molecule has 0 spiro atoms. The summed E-state index contributed by atoms with van der Waals surface area (Å²) in [6, 6.07) is 6.76. The number of hydrogen-bond donors (Lipinski definition) is 2. The fourth-order valence-electron chi connectivity index (χ4n) is 1.27. The Bertz CT molecular complexity index is 392. The summed E-state index contributed by atoms with van der Waals surface area (Å²) in [5, 5.41) is 2.73. The summed E-state index contributed by atoms with van der Waals surface area (Å²) in [4.78, 5) is 13.5. The van der Waals surface area contributed by atoms with E-state index in [4.69, 9.17) is 10.5 Å². The van der Waals surface area contributed by atoms with Crippen LogP contribution < -0.4 is 15.8 Å². The van der Waals surface area contributed by atoms with Gasteiger partial charge >= 0.3 is 0 Å². The molecule has 0 aromatic heterocycles. The first-order valence-corrected chi connectivity index (χ1v) is 5.93. The lowest BCUT2D eigenvalue weighted by molar-refractivity contribution is -0.117. The summed E-state index contributed by atoms with van der Waals surface area (Å²) in [5.74, 6) is 0.528. The van der Waals surface area contributed by atoms with Gasteiger partial charge in [0, 0.05) is 18.3 Å². The molecule has 100 valence electrons. The van der Waals surface area contributed by atoms with Gasteiger partial charge in [0.2, 0.25) is 5.91 Å². The van der Waals surface area contributed by atoms with Gasteiger partial charge in [-0.15, -0.1) is 0 Å². The summed E-state index contributed by atoms with van der Waals surface area (Å²) in [5.41, 5.74) is 6.18. The lowest BCUT2D eigenvalue weighted by Gasteiger charge is -2.12. The Morgan fingerprint density at radius 1 is 1.50 bits per heavy atom. The molecule has 0 heterocycles. The van der Waals surface area contributed by atoms with Crippen LogP contribution in [0.25, 0.3) is 0 Å². The van der Waals surface area contributed by atoms with E-state index < -0.39 is 6.04 Å². The highest BCUT2D eigenvalue weighted by Gasteiger charge is 2.07. The van der Waals surface area contributed by atoms with Gasteiger partial charge in [-0.2, -0.15) is 0 Å². The van der Waals surface area contributed by atoms with Gasteiger partial charge in [0.05, 0.1) is 6.04 Å². The summed E-state index contributed by atoms with van der Waals surface area (Å²) < 4.78 is 5.58. The minimum absolute atomic E-state index is 0.208. The van der Waals surface area contributed by atoms with Crippen molar-refractivity contribution in [2.75, 3.05) is 32.6 Å². The van der Waals surface area contributed by atoms with E-state index in [9.17, 15) is 4.79 Å². The van der Waals surface area contributed by atoms with E-state index in [0.29, 0.717) is 12.3 Å². The van der Waals surface area contributed by atoms with Crippen LogP contribution in [-0.4, -0.2) is 44.1 Å². The Morgan fingerprint density at radius 2 is 2.22 bits per heavy atom. The van der Waals surface area contributed by atoms with Gasteiger partial charge in [0.1, 0.15) is 12.4 Å². The zero-order chi connectivity index (χ0) is 13.5. The minimum Gasteiger partial charge on any atom is -0.492 e. The Kier molecular flexibility index (Phi) is 5.61. The van der Waals surface area contributed by atoms with Gasteiger partial charge in [-0.1, -0.05) is 6.07 Å². The van der Waals surface area contributed by atoms with Gasteiger partial charge < -0.3 is 20.7 Å². The van der Waals surface area contributed by atoms with Crippen molar-refractivity contribution in [2.45, 2.75) is 13.0 Å². The van der Waals surface area contributed by atoms with Crippen molar-refractivity contribution in [3.05, 3.63) is 24.3 Å². The molecule has 0 unspecified atom stereocenters. The molecule has 1 atom stereocenters. The number of amides is 1. The molecule has 0 aliphatic heterocycles. The quantitative estimate of drug-likeness (QED) is 0.788. The molecule has 1 rings (SSSR count). The highest BCUT2D eigenvalue weighted by atomic mass is 16.5. The van der Waals surface area contributed by atoms with E-state index in [2.05, 4.69) is 5.32 Å². The standard InChI is InChI=1S/C13H21N3O2/c1-10(14)13(17)15-11-5-4-6-12(9-11)18-8-7-16(2)3/h4-6,9-10H,7-8,14H2,1-3H3,(H,15,17)/t10-/m0/s1. The molecule has 1 amide bonds. The fourth-order valence-corrected chi connectivity index (χ4v) is 1.27. The molecular formula is C13H21N3O2. The highest BCUT2D eigenvalue weighted by Crippen LogP contribution is 2.17. The second kappa shape index (κ2) is 6.98. The van der Waals surface area contributed by atoms with Crippen LogP contribution in [0.3, 0.4) is 0 Å². The van der Waals surface area contributed by atoms with Crippen LogP contribution in [0.4, 0.5) is 5.69 Å². The zero-order valence-electron chi connectivity index (χ0n) is 11.1. The second-order valence-electron chi connectivity index (χ2n) is 4.46. The number of nitrogens with two attached hydrogens (primary N) is 1. The van der Waals surface area contributed by atoms with Gasteiger partial charge in [-0.05, 0) is 33.2 Å². The average molecular weight is 251 g/mol. The summed E-state index contributed by atoms with van der Waals surface area (Å²) in [7, 11) is 3.98. The number of rotatable bonds is 6. The normalized spacial score (nSPS) is 12.3. The zero-order valence-corrected chi connectivity index (χ0v) is 11.1. The maximum atomic E-state index is 11.4. The molecular weight excluding hydrogens is 230 g/mol. The molecule has 5 nitrogen and oxygen atoms in total. The van der Waals surface area contributed by atoms with Crippen LogP contribution in [0, 0.1) is 0 Å². The van der Waals surface area contributed by atoms with Crippen molar-refractivity contribution in [3.8, 4) is 5.75 Å². The summed E-state index contributed by atoms with van der Waals surface area (Å²) in [6.45, 7) is 3.10. The Balaban J connectivity index is 2.54. The number of carbonyl (C=O) groups excluding carboxylic acids is 1. The molecule has 0 aliphatic carbocycles. The maximum absolute atomic E-state index is 11.4. The van der Waals surface area contributed by atoms with Gasteiger partial charge in [0.15, 0.2) is 0 Å². The van der Waals surface area contributed by atoms with Crippen LogP contribution in [0.5, 0.6) is 5.75 Å². The van der Waals surface area contributed by atoms with Crippen LogP contribution >= 0.6 is 0 Å². The van der Waals surface area contributed by atoms with Crippen molar-refractivity contribution in [2.24, 2.45) is 5.73 Å². The number of nitrogens with one attached hydrogen (secondary N) is 1. The van der Waals surface area contributed by atoms with Crippen LogP contribution in [0.1, 0.15) is 6.92 Å². The summed E-state index contributed by atoms with van der Waals surface area (Å²) >= 11 is 0. The van der Waals surface area contributed by atoms with E-state index in [0.717, 1.165) is 12.3 Å². The average Bonchev–Trinajstić information content (AvgIpc) is 2.28. The number of carbonyl (C=O) groups is 1. The van der Waals surface area contributed by atoms with Crippen molar-refractivity contribution in [3.63, 3.8) is 0 Å². The number of ether oxygens (including phenoxy) is 1. The third-order valence-electron chi connectivity index (χ3n) is 2.32. The van der Waals surface area contributed by atoms with Gasteiger partial charge in [0.25, 0.3) is 0 Å². The molecule has 0 saturated carbocycles. The second-order valence-corrected chi connectivity index (χ2v) is 4.46. The number of nitrogens with zero attached hydrogens (tertiary/aromatic N) is 1. The molecule has 5 heteroatoms. The smallest absolute Gasteiger partial charge is 0.241 e. The number of likely N-dealkylation sites (N-methyl/N-ethyl adjacent to an activating group) is 1. The number of benzene rings is 1. The number of anilines is 1. The Labute approximate surface area is 108 Å². The van der Waals surface area contributed by atoms with E-state index in [1.54, 1.807) is 19.1 Å². The molecule has 0 radical (unpaired) electrons. The van der Waals surface area contributed by atoms with Crippen LogP contribution in [-0.2, 0) is 4.79 Å². The first-order chi connectivity index (χ1) is 8.49. The highest BCUT2D eigenvalue weighted by molar-refractivity contribution is 5.94. The van der Waals surface area contributed by atoms with Crippen molar-refractivity contribution in [1.29, 1.82) is 0 Å². The third kappa shape index (κ3) is 5.16. The first-order valence-electron chi connectivity index (χ1n) is 5.93. The molecule has 18 heavy (non-hydrogen) atoms. The Morgan fingerprint density at radius 3 is 2.83 bits per heavy atom. The molecule has 1 aromatic carbocycles. The molecule has 0 saturated heterocycles.